The van der Waals surface area contributed by atoms with Gasteiger partial charge in [-0.05, 0) is 60.7 Å². The number of esters is 1. The molecule has 2 aromatic carbocycles. The largest absolute Gasteiger partial charge is 0.493 e. The van der Waals surface area contributed by atoms with Crippen LogP contribution < -0.4 is 20.1 Å². The molecule has 1 atom stereocenters. The second-order valence-corrected chi connectivity index (χ2v) is 9.68. The number of hydrogen-bond donors (Lipinski definition) is 1. The number of benzene rings is 2. The van der Waals surface area contributed by atoms with Gasteiger partial charge in [-0.1, -0.05) is 19.9 Å². The van der Waals surface area contributed by atoms with Crippen LogP contribution in [0.1, 0.15) is 45.1 Å². The number of hydrogen-bond acceptors (Lipinski definition) is 7. The van der Waals surface area contributed by atoms with Crippen LogP contribution in [0.3, 0.4) is 0 Å². The first kappa shape index (κ1) is 25.3. The molecule has 0 radical (unpaired) electrons. The lowest BCUT2D eigenvalue weighted by molar-refractivity contribution is -0.138. The Balaban J connectivity index is 2.03. The van der Waals surface area contributed by atoms with E-state index in [1.807, 2.05) is 13.8 Å². The van der Waals surface area contributed by atoms with Crippen molar-refractivity contribution in [1.82, 2.24) is 0 Å². The number of Topliss-reactive ketones (excluding diaryl/α,β-unsaturated/α-hetero) is 1. The van der Waals surface area contributed by atoms with Crippen molar-refractivity contribution in [2.45, 2.75) is 39.5 Å². The Morgan fingerprint density at radius 2 is 1.75 bits per heavy atom. The van der Waals surface area contributed by atoms with Crippen molar-refractivity contribution < 1.29 is 28.2 Å². The summed E-state index contributed by atoms with van der Waals surface area (Å²) in [5, 5.41) is 0. The van der Waals surface area contributed by atoms with Gasteiger partial charge in [0.15, 0.2) is 17.3 Å². The number of halogens is 1. The monoisotopic (exact) mass is 494 g/mol. The Labute approximate surface area is 210 Å². The normalized spacial score (nSPS) is 19.2. The van der Waals surface area contributed by atoms with Crippen LogP contribution in [0.25, 0.3) is 0 Å². The summed E-state index contributed by atoms with van der Waals surface area (Å²) in [5.41, 5.74) is 8.92. The molecule has 1 heterocycles. The summed E-state index contributed by atoms with van der Waals surface area (Å²) in [6.45, 7) is 5.88. The minimum absolute atomic E-state index is 0.0811. The van der Waals surface area contributed by atoms with Crippen molar-refractivity contribution in [3.63, 3.8) is 0 Å². The van der Waals surface area contributed by atoms with Gasteiger partial charge in [-0.15, -0.1) is 0 Å². The van der Waals surface area contributed by atoms with Crippen LogP contribution in [-0.2, 0) is 14.3 Å². The zero-order chi connectivity index (χ0) is 26.2. The molecule has 0 unspecified atom stereocenters. The Kier molecular flexibility index (Phi) is 6.80. The fraction of sp³-hybridized carbons (Fsp3) is 0.357. The first-order valence-electron chi connectivity index (χ1n) is 11.8. The van der Waals surface area contributed by atoms with E-state index in [1.165, 1.54) is 26.4 Å². The lowest BCUT2D eigenvalue weighted by atomic mass is 9.68. The molecule has 0 fully saturated rings. The molecule has 0 saturated carbocycles. The first-order chi connectivity index (χ1) is 17.1. The maximum absolute atomic E-state index is 13.8. The first-order valence-corrected chi connectivity index (χ1v) is 11.8. The fourth-order valence-corrected chi connectivity index (χ4v) is 5.07. The van der Waals surface area contributed by atoms with Gasteiger partial charge in [0.25, 0.3) is 0 Å². The van der Waals surface area contributed by atoms with E-state index in [0.29, 0.717) is 46.9 Å². The smallest absolute Gasteiger partial charge is 0.338 e. The molecular formula is C28H31FN2O5. The van der Waals surface area contributed by atoms with Crippen LogP contribution in [0, 0.1) is 11.2 Å². The van der Waals surface area contributed by atoms with Crippen molar-refractivity contribution in [3.8, 4) is 11.5 Å². The van der Waals surface area contributed by atoms with Gasteiger partial charge in [-0.2, -0.15) is 0 Å². The minimum atomic E-state index is -0.765. The van der Waals surface area contributed by atoms with E-state index in [1.54, 1.807) is 42.2 Å². The number of carbonyl (C=O) groups is 2. The molecule has 1 aliphatic heterocycles. The fourth-order valence-electron chi connectivity index (χ4n) is 5.07. The zero-order valence-corrected chi connectivity index (χ0v) is 21.2. The lowest BCUT2D eigenvalue weighted by Gasteiger charge is -2.44. The average molecular weight is 495 g/mol. The van der Waals surface area contributed by atoms with Crippen LogP contribution >= 0.6 is 0 Å². The van der Waals surface area contributed by atoms with E-state index in [9.17, 15) is 14.0 Å². The summed E-state index contributed by atoms with van der Waals surface area (Å²) < 4.78 is 30.1. The van der Waals surface area contributed by atoms with Gasteiger partial charge < -0.3 is 19.9 Å². The van der Waals surface area contributed by atoms with E-state index < -0.39 is 17.7 Å². The molecule has 0 spiro atoms. The Morgan fingerprint density at radius 3 is 2.36 bits per heavy atom. The summed E-state index contributed by atoms with van der Waals surface area (Å²) in [4.78, 5) is 28.8. The van der Waals surface area contributed by atoms with Crippen LogP contribution in [-0.4, -0.2) is 32.6 Å². The van der Waals surface area contributed by atoms with E-state index in [-0.39, 0.29) is 29.2 Å². The topological polar surface area (TPSA) is 91.1 Å². The van der Waals surface area contributed by atoms with Crippen molar-refractivity contribution in [1.29, 1.82) is 0 Å². The Morgan fingerprint density at radius 1 is 1.08 bits per heavy atom. The number of carbonyl (C=O) groups excluding carboxylic acids is 2. The van der Waals surface area contributed by atoms with E-state index in [0.717, 1.165) is 0 Å². The number of ether oxygens (including phenoxy) is 3. The van der Waals surface area contributed by atoms with Crippen LogP contribution in [0.2, 0.25) is 0 Å². The van der Waals surface area contributed by atoms with Gasteiger partial charge in [0, 0.05) is 23.4 Å². The molecule has 0 bridgehead atoms. The molecule has 1 aliphatic carbocycles. The molecule has 2 aliphatic rings. The van der Waals surface area contributed by atoms with Gasteiger partial charge in [0.05, 0.1) is 32.3 Å². The summed E-state index contributed by atoms with van der Waals surface area (Å²) >= 11 is 0. The Bertz CT molecular complexity index is 1260. The third kappa shape index (κ3) is 4.43. The third-order valence-corrected chi connectivity index (χ3v) is 6.58. The molecule has 4 rings (SSSR count). The highest BCUT2D eigenvalue weighted by molar-refractivity contribution is 6.05. The number of rotatable bonds is 6. The number of ketones is 1. The van der Waals surface area contributed by atoms with Gasteiger partial charge in [0.2, 0.25) is 0 Å². The van der Waals surface area contributed by atoms with E-state index >= 15 is 0 Å². The lowest BCUT2D eigenvalue weighted by Crippen LogP contribution is -2.43. The SMILES string of the molecule is CCOC(=O)C1=C(N)N(c2ccc(F)cc2)C2=C(C(=O)CC(C)(C)C2)[C@@H]1c1ccc(OC)c(OC)c1. The molecule has 2 N–H and O–H groups in total. The maximum Gasteiger partial charge on any atom is 0.338 e. The molecule has 0 aromatic heterocycles. The molecule has 8 heteroatoms. The predicted octanol–water partition coefficient (Wildman–Crippen LogP) is 4.82. The van der Waals surface area contributed by atoms with E-state index in [2.05, 4.69) is 0 Å². The molecular weight excluding hydrogens is 463 g/mol. The molecule has 190 valence electrons. The zero-order valence-electron chi connectivity index (χ0n) is 21.2. The highest BCUT2D eigenvalue weighted by Crippen LogP contribution is 2.51. The van der Waals surface area contributed by atoms with Crippen LogP contribution in [0.5, 0.6) is 11.5 Å². The van der Waals surface area contributed by atoms with Crippen molar-refractivity contribution in [2.75, 3.05) is 25.7 Å². The van der Waals surface area contributed by atoms with Gasteiger partial charge in [0.1, 0.15) is 11.6 Å². The highest BCUT2D eigenvalue weighted by atomic mass is 19.1. The van der Waals surface area contributed by atoms with Crippen molar-refractivity contribution >= 4 is 17.4 Å². The number of nitrogens with zero attached hydrogens (tertiary/aromatic N) is 1. The number of allylic oxidation sites excluding steroid dienone is 2. The number of nitrogens with two attached hydrogens (primary N) is 1. The molecule has 36 heavy (non-hydrogen) atoms. The summed E-state index contributed by atoms with van der Waals surface area (Å²) in [7, 11) is 3.06. The Hall–Kier alpha value is -3.81. The molecule has 2 aromatic rings. The summed E-state index contributed by atoms with van der Waals surface area (Å²) in [6.07, 6.45) is 0.842. The van der Waals surface area contributed by atoms with Crippen LogP contribution in [0.15, 0.2) is 65.1 Å². The summed E-state index contributed by atoms with van der Waals surface area (Å²) in [5.74, 6) is -0.744. The van der Waals surface area contributed by atoms with Crippen molar-refractivity contribution in [2.24, 2.45) is 11.1 Å². The van der Waals surface area contributed by atoms with Crippen LogP contribution in [0.4, 0.5) is 10.1 Å². The minimum Gasteiger partial charge on any atom is -0.493 e. The average Bonchev–Trinajstić information content (AvgIpc) is 2.83. The maximum atomic E-state index is 13.8. The van der Waals surface area contributed by atoms with E-state index in [4.69, 9.17) is 19.9 Å². The van der Waals surface area contributed by atoms with Crippen molar-refractivity contribution in [3.05, 3.63) is 76.5 Å². The number of anilines is 1. The van der Waals surface area contributed by atoms with Gasteiger partial charge >= 0.3 is 5.97 Å². The predicted molar refractivity (Wildman–Crippen MR) is 134 cm³/mol. The molecule has 7 nitrogen and oxygen atoms in total. The second kappa shape index (κ2) is 9.68. The highest BCUT2D eigenvalue weighted by Gasteiger charge is 2.46. The summed E-state index contributed by atoms with van der Waals surface area (Å²) in [6, 6.07) is 11.1. The molecule has 0 saturated heterocycles. The van der Waals surface area contributed by atoms with Gasteiger partial charge in [-0.3, -0.25) is 9.69 Å². The molecule has 0 amide bonds. The third-order valence-electron chi connectivity index (χ3n) is 6.58. The number of methoxy groups -OCH3 is 2. The van der Waals surface area contributed by atoms with Gasteiger partial charge in [-0.25, -0.2) is 9.18 Å². The quantitative estimate of drug-likeness (QED) is 0.576. The standard InChI is InChI=1S/C28H31FN2O5/c1-6-36-27(33)25-23(16-7-12-21(34-4)22(13-16)35-5)24-19(14-28(2,3)15-20(24)32)31(26(25)30)18-10-8-17(29)9-11-18/h7-13,23H,6,14-15,30H2,1-5H3/t23-/m0/s1. The second-order valence-electron chi connectivity index (χ2n) is 9.68.